The molecule has 3 rings (SSSR count). The fourth-order valence-corrected chi connectivity index (χ4v) is 3.52. The molecule has 0 aliphatic rings. The van der Waals surface area contributed by atoms with Gasteiger partial charge in [-0.15, -0.1) is 0 Å². The van der Waals surface area contributed by atoms with Gasteiger partial charge in [0.1, 0.15) is 11.4 Å². The number of aliphatic imine (C=N–C) groups is 1. The lowest BCUT2D eigenvalue weighted by molar-refractivity contribution is 0.582. The molecule has 0 unspecified atom stereocenters. The molecule has 1 heterocycles. The van der Waals surface area contributed by atoms with Crippen molar-refractivity contribution < 1.29 is 4.43 Å². The second-order valence-electron chi connectivity index (χ2n) is 5.32. The smallest absolute Gasteiger partial charge is 0.274 e. The standard InChI is InChI=1S/C19H18NOSSi/c1-23(2)21-18-11-7-6-10-17(18)20-19(16-12-13-22-14-16)15-8-4-3-5-9-15/h3-14H,1-2H3. The van der Waals surface area contributed by atoms with Crippen LogP contribution in [-0.4, -0.2) is 14.8 Å². The summed E-state index contributed by atoms with van der Waals surface area (Å²) in [6.45, 7) is 4.25. The Morgan fingerprint density at radius 2 is 1.65 bits per heavy atom. The van der Waals surface area contributed by atoms with Crippen LogP contribution in [0, 0.1) is 0 Å². The Morgan fingerprint density at radius 3 is 2.35 bits per heavy atom. The van der Waals surface area contributed by atoms with Gasteiger partial charge in [0.2, 0.25) is 0 Å². The van der Waals surface area contributed by atoms with Crippen LogP contribution in [0.1, 0.15) is 11.1 Å². The lowest BCUT2D eigenvalue weighted by atomic mass is 10.1. The quantitative estimate of drug-likeness (QED) is 0.442. The molecule has 0 N–H and O–H groups in total. The largest absolute Gasteiger partial charge is 0.541 e. The van der Waals surface area contributed by atoms with E-state index < -0.39 is 9.04 Å². The van der Waals surface area contributed by atoms with E-state index in [0.29, 0.717) is 0 Å². The fourth-order valence-electron chi connectivity index (χ4n) is 2.27. The normalized spacial score (nSPS) is 11.7. The monoisotopic (exact) mass is 336 g/mol. The van der Waals surface area contributed by atoms with Gasteiger partial charge in [0.05, 0.1) is 5.71 Å². The average molecular weight is 337 g/mol. The molecule has 1 aromatic heterocycles. The second-order valence-corrected chi connectivity index (χ2v) is 8.12. The number of hydrogen-bond acceptors (Lipinski definition) is 3. The van der Waals surface area contributed by atoms with Gasteiger partial charge in [-0.3, -0.25) is 0 Å². The molecule has 0 saturated heterocycles. The Morgan fingerprint density at radius 1 is 0.913 bits per heavy atom. The van der Waals surface area contributed by atoms with Crippen molar-refractivity contribution in [3.63, 3.8) is 0 Å². The van der Waals surface area contributed by atoms with E-state index in [0.717, 1.165) is 28.3 Å². The molecule has 0 saturated carbocycles. The molecular weight excluding hydrogens is 318 g/mol. The van der Waals surface area contributed by atoms with E-state index in [1.807, 2.05) is 42.5 Å². The van der Waals surface area contributed by atoms with E-state index in [1.165, 1.54) is 0 Å². The Bertz CT molecular complexity index is 782. The Labute approximate surface area is 142 Å². The summed E-state index contributed by atoms with van der Waals surface area (Å²) in [6.07, 6.45) is 0. The van der Waals surface area contributed by atoms with Crippen LogP contribution in [0.2, 0.25) is 13.1 Å². The molecule has 0 amide bonds. The molecule has 115 valence electrons. The van der Waals surface area contributed by atoms with Gasteiger partial charge in [-0.05, 0) is 36.7 Å². The van der Waals surface area contributed by atoms with Gasteiger partial charge < -0.3 is 4.43 Å². The summed E-state index contributed by atoms with van der Waals surface area (Å²) in [7, 11) is -0.829. The van der Waals surface area contributed by atoms with E-state index in [9.17, 15) is 0 Å². The zero-order valence-corrected chi connectivity index (χ0v) is 15.0. The third-order valence-corrected chi connectivity index (χ3v) is 4.56. The molecule has 0 atom stereocenters. The molecule has 2 nitrogen and oxygen atoms in total. The number of nitrogens with zero attached hydrogens (tertiary/aromatic N) is 1. The van der Waals surface area contributed by atoms with E-state index in [2.05, 4.69) is 42.1 Å². The lowest BCUT2D eigenvalue weighted by Gasteiger charge is -2.12. The number of hydrogen-bond donors (Lipinski definition) is 0. The van der Waals surface area contributed by atoms with Gasteiger partial charge in [-0.2, -0.15) is 11.3 Å². The Hall–Kier alpha value is -2.17. The number of rotatable bonds is 5. The first-order chi connectivity index (χ1) is 11.2. The minimum Gasteiger partial charge on any atom is -0.541 e. The van der Waals surface area contributed by atoms with Crippen LogP contribution in [0.3, 0.4) is 0 Å². The van der Waals surface area contributed by atoms with Crippen molar-refractivity contribution in [3.05, 3.63) is 82.6 Å². The van der Waals surface area contributed by atoms with Crippen molar-refractivity contribution in [2.45, 2.75) is 13.1 Å². The molecule has 3 aromatic rings. The van der Waals surface area contributed by atoms with Crippen molar-refractivity contribution in [1.29, 1.82) is 0 Å². The first kappa shape index (κ1) is 15.7. The van der Waals surface area contributed by atoms with Crippen LogP contribution in [-0.2, 0) is 0 Å². The minimum absolute atomic E-state index is 0.829. The van der Waals surface area contributed by atoms with Crippen LogP contribution in [0.15, 0.2) is 76.4 Å². The van der Waals surface area contributed by atoms with Crippen LogP contribution in [0.5, 0.6) is 5.75 Å². The zero-order chi connectivity index (χ0) is 16.1. The third kappa shape index (κ3) is 3.97. The predicted molar refractivity (Wildman–Crippen MR) is 101 cm³/mol. The van der Waals surface area contributed by atoms with E-state index in [-0.39, 0.29) is 0 Å². The van der Waals surface area contributed by atoms with Crippen LogP contribution in [0.25, 0.3) is 0 Å². The number of para-hydroxylation sites is 2. The highest BCUT2D eigenvalue weighted by atomic mass is 32.1. The van der Waals surface area contributed by atoms with Gasteiger partial charge in [0, 0.05) is 16.5 Å². The molecule has 23 heavy (non-hydrogen) atoms. The highest BCUT2D eigenvalue weighted by Crippen LogP contribution is 2.29. The maximum absolute atomic E-state index is 6.00. The van der Waals surface area contributed by atoms with Gasteiger partial charge in [0.25, 0.3) is 9.04 Å². The zero-order valence-electron chi connectivity index (χ0n) is 13.2. The first-order valence-electron chi connectivity index (χ1n) is 7.48. The molecule has 2 aromatic carbocycles. The minimum atomic E-state index is -0.829. The summed E-state index contributed by atoms with van der Waals surface area (Å²) in [4.78, 5) is 4.94. The summed E-state index contributed by atoms with van der Waals surface area (Å²) in [6, 6.07) is 20.4. The topological polar surface area (TPSA) is 21.6 Å². The van der Waals surface area contributed by atoms with Crippen molar-refractivity contribution >= 4 is 31.8 Å². The lowest BCUT2D eigenvalue weighted by Crippen LogP contribution is -2.11. The van der Waals surface area contributed by atoms with E-state index >= 15 is 0 Å². The summed E-state index contributed by atoms with van der Waals surface area (Å²) < 4.78 is 6.00. The van der Waals surface area contributed by atoms with E-state index in [4.69, 9.17) is 9.42 Å². The van der Waals surface area contributed by atoms with E-state index in [1.54, 1.807) is 11.3 Å². The summed E-state index contributed by atoms with van der Waals surface area (Å²) >= 11 is 1.68. The molecule has 1 radical (unpaired) electrons. The molecule has 0 bridgehead atoms. The highest BCUT2D eigenvalue weighted by Gasteiger charge is 2.11. The highest BCUT2D eigenvalue weighted by molar-refractivity contribution is 7.08. The van der Waals surface area contributed by atoms with Crippen molar-refractivity contribution in [2.75, 3.05) is 0 Å². The van der Waals surface area contributed by atoms with Crippen molar-refractivity contribution in [2.24, 2.45) is 4.99 Å². The molecule has 0 spiro atoms. The predicted octanol–water partition coefficient (Wildman–Crippen LogP) is 5.55. The molecular formula is C19H18NOSSi. The van der Waals surface area contributed by atoms with Gasteiger partial charge in [0.15, 0.2) is 0 Å². The number of benzene rings is 2. The summed E-state index contributed by atoms with van der Waals surface area (Å²) in [5.41, 5.74) is 4.10. The second kappa shape index (κ2) is 7.40. The van der Waals surface area contributed by atoms with Gasteiger partial charge >= 0.3 is 0 Å². The summed E-state index contributed by atoms with van der Waals surface area (Å²) in [5.74, 6) is 0.857. The summed E-state index contributed by atoms with van der Waals surface area (Å²) in [5, 5.41) is 4.21. The van der Waals surface area contributed by atoms with Crippen LogP contribution >= 0.6 is 11.3 Å². The molecule has 0 fully saturated rings. The van der Waals surface area contributed by atoms with Crippen LogP contribution in [0.4, 0.5) is 5.69 Å². The van der Waals surface area contributed by atoms with Crippen LogP contribution < -0.4 is 4.43 Å². The maximum Gasteiger partial charge on any atom is 0.274 e. The SMILES string of the molecule is C[Si](C)Oc1ccccc1N=C(c1ccccc1)c1ccsc1. The Balaban J connectivity index is 2.09. The fraction of sp³-hybridized carbons (Fsp3) is 0.105. The van der Waals surface area contributed by atoms with Gasteiger partial charge in [-0.1, -0.05) is 42.5 Å². The van der Waals surface area contributed by atoms with Gasteiger partial charge in [-0.25, -0.2) is 4.99 Å². The van der Waals surface area contributed by atoms with Crippen molar-refractivity contribution in [3.8, 4) is 5.75 Å². The molecule has 4 heteroatoms. The average Bonchev–Trinajstić information content (AvgIpc) is 3.08. The maximum atomic E-state index is 6.00. The molecule has 0 aliphatic carbocycles. The first-order valence-corrected chi connectivity index (χ1v) is 10.8. The molecule has 0 aliphatic heterocycles. The third-order valence-electron chi connectivity index (χ3n) is 3.25. The number of thiophene rings is 1. The Kier molecular flexibility index (Phi) is 5.05. The van der Waals surface area contributed by atoms with Crippen molar-refractivity contribution in [1.82, 2.24) is 0 Å².